The summed E-state index contributed by atoms with van der Waals surface area (Å²) in [7, 11) is 1.45. The number of anilines is 3. The van der Waals surface area contributed by atoms with Crippen LogP contribution in [0.2, 0.25) is 5.02 Å². The summed E-state index contributed by atoms with van der Waals surface area (Å²) in [4.78, 5) is 21.5. The van der Waals surface area contributed by atoms with Crippen molar-refractivity contribution < 1.29 is 13.9 Å². The van der Waals surface area contributed by atoms with Crippen LogP contribution in [0.1, 0.15) is 35.8 Å². The van der Waals surface area contributed by atoms with E-state index < -0.39 is 11.7 Å². The predicted molar refractivity (Wildman–Crippen MR) is 134 cm³/mol. The first kappa shape index (κ1) is 24.2. The molecule has 8 nitrogen and oxygen atoms in total. The molecule has 0 aliphatic heterocycles. The van der Waals surface area contributed by atoms with Crippen molar-refractivity contribution in [1.29, 1.82) is 0 Å². The van der Waals surface area contributed by atoms with Crippen LogP contribution in [0.3, 0.4) is 0 Å². The number of hydrogen-bond donors (Lipinski definition) is 2. The molecule has 0 fully saturated rings. The quantitative estimate of drug-likeness (QED) is 0.326. The molecule has 180 valence electrons. The first-order chi connectivity index (χ1) is 16.7. The standard InChI is InChI=1S/C25H24ClFN6O2/c1-14(2)33-10-9-21(32-33)23-18(26)13-28-25(31-23)29-16-6-7-17(22(12-16)35-4)24(34)30-20-8-5-15(3)11-19(20)27/h5-14H,1-4H3,(H,30,34)(H,28,29,31). The van der Waals surface area contributed by atoms with Crippen LogP contribution in [0.4, 0.5) is 21.7 Å². The molecule has 2 aromatic heterocycles. The molecule has 0 spiro atoms. The number of ether oxygens (including phenoxy) is 1. The molecule has 0 radical (unpaired) electrons. The van der Waals surface area contributed by atoms with Gasteiger partial charge >= 0.3 is 0 Å². The summed E-state index contributed by atoms with van der Waals surface area (Å²) < 4.78 is 21.4. The van der Waals surface area contributed by atoms with Gasteiger partial charge in [-0.3, -0.25) is 9.48 Å². The van der Waals surface area contributed by atoms with Gasteiger partial charge in [-0.1, -0.05) is 17.7 Å². The van der Waals surface area contributed by atoms with E-state index >= 15 is 0 Å². The second-order valence-electron chi connectivity index (χ2n) is 8.14. The Hall–Kier alpha value is -3.98. The Morgan fingerprint density at radius 3 is 2.66 bits per heavy atom. The first-order valence-electron chi connectivity index (χ1n) is 10.9. The highest BCUT2D eigenvalue weighted by atomic mass is 35.5. The molecule has 0 saturated carbocycles. The number of aromatic nitrogens is 4. The minimum absolute atomic E-state index is 0.0897. The number of hydrogen-bond acceptors (Lipinski definition) is 6. The van der Waals surface area contributed by atoms with Gasteiger partial charge in [0.25, 0.3) is 5.91 Å². The van der Waals surface area contributed by atoms with Gasteiger partial charge in [0.2, 0.25) is 5.95 Å². The third-order valence-corrected chi connectivity index (χ3v) is 5.48. The number of aryl methyl sites for hydroxylation is 1. The predicted octanol–water partition coefficient (Wildman–Crippen LogP) is 6.03. The summed E-state index contributed by atoms with van der Waals surface area (Å²) in [5.41, 5.74) is 2.80. The number of carbonyl (C=O) groups is 1. The van der Waals surface area contributed by atoms with Crippen LogP contribution in [0.15, 0.2) is 54.9 Å². The highest BCUT2D eigenvalue weighted by Crippen LogP contribution is 2.29. The summed E-state index contributed by atoms with van der Waals surface area (Å²) in [6.45, 7) is 5.83. The fraction of sp³-hybridized carbons (Fsp3) is 0.200. The summed E-state index contributed by atoms with van der Waals surface area (Å²) in [5.74, 6) is -0.416. The van der Waals surface area contributed by atoms with Crippen molar-refractivity contribution in [2.24, 2.45) is 0 Å². The molecule has 0 saturated heterocycles. The number of nitrogens with zero attached hydrogens (tertiary/aromatic N) is 4. The van der Waals surface area contributed by atoms with Gasteiger partial charge in [0.05, 0.1) is 29.6 Å². The lowest BCUT2D eigenvalue weighted by atomic mass is 10.1. The maximum absolute atomic E-state index is 14.2. The number of amides is 1. The van der Waals surface area contributed by atoms with Crippen molar-refractivity contribution in [3.63, 3.8) is 0 Å². The molecule has 0 aliphatic carbocycles. The minimum Gasteiger partial charge on any atom is -0.496 e. The molecule has 2 heterocycles. The monoisotopic (exact) mass is 494 g/mol. The van der Waals surface area contributed by atoms with E-state index in [1.165, 1.54) is 25.4 Å². The van der Waals surface area contributed by atoms with Gasteiger partial charge in [-0.25, -0.2) is 14.4 Å². The van der Waals surface area contributed by atoms with Crippen molar-refractivity contribution in [2.45, 2.75) is 26.8 Å². The van der Waals surface area contributed by atoms with E-state index in [0.29, 0.717) is 33.8 Å². The SMILES string of the molecule is COc1cc(Nc2ncc(Cl)c(-c3ccn(C(C)C)n3)n2)ccc1C(=O)Nc1ccc(C)cc1F. The van der Waals surface area contributed by atoms with Crippen LogP contribution in [0.5, 0.6) is 5.75 Å². The number of carbonyl (C=O) groups excluding carboxylic acids is 1. The van der Waals surface area contributed by atoms with Gasteiger partial charge in [0.1, 0.15) is 23.0 Å². The molecular weight excluding hydrogens is 471 g/mol. The van der Waals surface area contributed by atoms with E-state index in [2.05, 4.69) is 25.7 Å². The second-order valence-corrected chi connectivity index (χ2v) is 8.55. The molecule has 2 aromatic carbocycles. The van der Waals surface area contributed by atoms with Crippen molar-refractivity contribution in [1.82, 2.24) is 19.7 Å². The molecule has 10 heteroatoms. The molecule has 0 atom stereocenters. The van der Waals surface area contributed by atoms with E-state index in [1.54, 1.807) is 31.2 Å². The Labute approximate surface area is 207 Å². The molecule has 35 heavy (non-hydrogen) atoms. The summed E-state index contributed by atoms with van der Waals surface area (Å²) in [6.07, 6.45) is 3.36. The maximum Gasteiger partial charge on any atom is 0.259 e. The van der Waals surface area contributed by atoms with Crippen LogP contribution in [-0.4, -0.2) is 32.8 Å². The first-order valence-corrected chi connectivity index (χ1v) is 11.2. The van der Waals surface area contributed by atoms with E-state index in [1.807, 2.05) is 30.8 Å². The zero-order chi connectivity index (χ0) is 25.1. The minimum atomic E-state index is -0.510. The number of nitrogens with one attached hydrogen (secondary N) is 2. The van der Waals surface area contributed by atoms with Crippen LogP contribution in [-0.2, 0) is 0 Å². The van der Waals surface area contributed by atoms with Gasteiger partial charge in [-0.15, -0.1) is 0 Å². The highest BCUT2D eigenvalue weighted by Gasteiger charge is 2.16. The van der Waals surface area contributed by atoms with E-state index in [0.717, 1.165) is 5.56 Å². The summed E-state index contributed by atoms with van der Waals surface area (Å²) in [6, 6.07) is 11.5. The van der Waals surface area contributed by atoms with Crippen LogP contribution in [0, 0.1) is 12.7 Å². The molecule has 0 unspecified atom stereocenters. The zero-order valence-electron chi connectivity index (χ0n) is 19.6. The molecule has 4 aromatic rings. The van der Waals surface area contributed by atoms with Gasteiger partial charge in [-0.2, -0.15) is 5.10 Å². The molecular formula is C25H24ClFN6O2. The van der Waals surface area contributed by atoms with Crippen molar-refractivity contribution in [3.8, 4) is 17.1 Å². The molecule has 1 amide bonds. The zero-order valence-corrected chi connectivity index (χ0v) is 20.4. The lowest BCUT2D eigenvalue weighted by Crippen LogP contribution is -2.14. The van der Waals surface area contributed by atoms with Crippen molar-refractivity contribution in [3.05, 3.63) is 76.8 Å². The Morgan fingerprint density at radius 1 is 1.17 bits per heavy atom. The second kappa shape index (κ2) is 10.1. The van der Waals surface area contributed by atoms with Crippen molar-refractivity contribution in [2.75, 3.05) is 17.7 Å². The Kier molecular flexibility index (Phi) is 6.97. The fourth-order valence-electron chi connectivity index (χ4n) is 3.36. The number of halogens is 2. The fourth-order valence-corrected chi connectivity index (χ4v) is 3.54. The average molecular weight is 495 g/mol. The smallest absolute Gasteiger partial charge is 0.259 e. The molecule has 0 bridgehead atoms. The molecule has 4 rings (SSSR count). The van der Waals surface area contributed by atoms with Gasteiger partial charge < -0.3 is 15.4 Å². The topological polar surface area (TPSA) is 94.0 Å². The Balaban J connectivity index is 1.56. The van der Waals surface area contributed by atoms with Crippen molar-refractivity contribution >= 4 is 34.8 Å². The molecule has 2 N–H and O–H groups in total. The highest BCUT2D eigenvalue weighted by molar-refractivity contribution is 6.32. The lowest BCUT2D eigenvalue weighted by Gasteiger charge is -2.13. The van der Waals surface area contributed by atoms with Gasteiger partial charge in [0, 0.05) is 24.0 Å². The largest absolute Gasteiger partial charge is 0.496 e. The normalized spacial score (nSPS) is 10.9. The van der Waals surface area contributed by atoms with E-state index in [-0.39, 0.29) is 17.3 Å². The number of rotatable bonds is 7. The average Bonchev–Trinajstić information content (AvgIpc) is 3.32. The van der Waals surface area contributed by atoms with Gasteiger partial charge in [-0.05, 0) is 56.7 Å². The summed E-state index contributed by atoms with van der Waals surface area (Å²) >= 11 is 6.32. The molecule has 0 aliphatic rings. The summed E-state index contributed by atoms with van der Waals surface area (Å²) in [5, 5.41) is 10.6. The number of benzene rings is 2. The number of methoxy groups -OCH3 is 1. The van der Waals surface area contributed by atoms with Crippen LogP contribution >= 0.6 is 11.6 Å². The third-order valence-electron chi connectivity index (χ3n) is 5.20. The van der Waals surface area contributed by atoms with Crippen LogP contribution in [0.25, 0.3) is 11.4 Å². The van der Waals surface area contributed by atoms with Gasteiger partial charge in [0.15, 0.2) is 0 Å². The Bertz CT molecular complexity index is 1390. The maximum atomic E-state index is 14.2. The third kappa shape index (κ3) is 5.41. The Morgan fingerprint density at radius 2 is 1.97 bits per heavy atom. The van der Waals surface area contributed by atoms with E-state index in [4.69, 9.17) is 16.3 Å². The lowest BCUT2D eigenvalue weighted by molar-refractivity contribution is 0.102. The van der Waals surface area contributed by atoms with E-state index in [9.17, 15) is 9.18 Å². The van der Waals surface area contributed by atoms with Crippen LogP contribution < -0.4 is 15.4 Å².